The minimum Gasteiger partial charge on any atom is -0.460 e. The van der Waals surface area contributed by atoms with Gasteiger partial charge in [0, 0.05) is 77.5 Å². The lowest BCUT2D eigenvalue weighted by Crippen LogP contribution is -2.65. The van der Waals surface area contributed by atoms with Gasteiger partial charge in [0.05, 0.1) is 31.0 Å². The van der Waals surface area contributed by atoms with Crippen LogP contribution in [0.2, 0.25) is 0 Å². The minimum atomic E-state index is -2.47. The molecule has 6 bridgehead atoms. The Hall–Kier alpha value is -3.94. The zero-order chi connectivity index (χ0) is 54.0. The van der Waals surface area contributed by atoms with Gasteiger partial charge in [0.1, 0.15) is 36.2 Å². The van der Waals surface area contributed by atoms with Crippen molar-refractivity contribution in [1.82, 2.24) is 9.80 Å². The van der Waals surface area contributed by atoms with Gasteiger partial charge in [-0.1, -0.05) is 64.2 Å². The predicted molar refractivity (Wildman–Crippen MR) is 274 cm³/mol. The van der Waals surface area contributed by atoms with Crippen molar-refractivity contribution in [3.8, 4) is 0 Å². The van der Waals surface area contributed by atoms with E-state index in [1.165, 1.54) is 12.0 Å². The topological polar surface area (TPSA) is 225 Å². The number of methoxy groups -OCH3 is 3. The van der Waals surface area contributed by atoms with Crippen molar-refractivity contribution in [2.75, 3.05) is 47.5 Å². The second-order valence-electron chi connectivity index (χ2n) is 22.5. The van der Waals surface area contributed by atoms with Crippen LogP contribution in [0, 0.1) is 41.4 Å². The molecule has 4 saturated heterocycles. The lowest BCUT2D eigenvalue weighted by molar-refractivity contribution is -0.266. The van der Waals surface area contributed by atoms with E-state index < -0.39 is 102 Å². The fourth-order valence-corrected chi connectivity index (χ4v) is 12.5. The molecule has 1 saturated carbocycles. The molecule has 1 unspecified atom stereocenters. The molecule has 6 rings (SSSR count). The maximum Gasteiger partial charge on any atom is 0.329 e. The SMILES string of the molecule is CO[C@H]1C[C@@H]2CC[C@@H](C)[C@@](O)(O2)C(=O)C(=O)N2CCCC3[C@H]2C(=O)O[C@@H](CC(=O)[C@H](C)/C=C(\C)[C@@H](O)[C@@H](OC)C(=O)[C@H](C)C[C@H](C)/C=C/C=C/C=C1C)[C@H]3C[C@@H]1CC[C@@H](OC(=O)CN2CCC(O)CC2)[C@H](OC)C1. The van der Waals surface area contributed by atoms with E-state index in [9.17, 15) is 44.1 Å². The summed E-state index contributed by atoms with van der Waals surface area (Å²) in [7, 11) is 4.53. The molecule has 16 atom stereocenters. The number of Topliss-reactive ketones (excluding diaryl/α,β-unsaturated/α-hetero) is 3. The Kier molecular flexibility index (Phi) is 21.6. The molecule has 74 heavy (non-hydrogen) atoms. The molecular formula is C57H86N2O15. The molecule has 414 valence electrons. The van der Waals surface area contributed by atoms with Gasteiger partial charge in [-0.3, -0.25) is 28.9 Å². The molecule has 1 aliphatic carbocycles. The highest BCUT2D eigenvalue weighted by atomic mass is 16.6. The number of amides is 1. The number of ketones is 3. The van der Waals surface area contributed by atoms with Gasteiger partial charge in [-0.15, -0.1) is 0 Å². The molecule has 0 aromatic heterocycles. The number of carbonyl (C=O) groups is 6. The van der Waals surface area contributed by atoms with Crippen molar-refractivity contribution >= 4 is 35.2 Å². The van der Waals surface area contributed by atoms with Crippen LogP contribution in [0.15, 0.2) is 47.6 Å². The molecule has 0 aromatic rings. The number of hydrogen-bond acceptors (Lipinski definition) is 16. The van der Waals surface area contributed by atoms with Crippen molar-refractivity contribution in [2.45, 2.75) is 186 Å². The summed E-state index contributed by atoms with van der Waals surface area (Å²) in [5, 5.41) is 33.6. The van der Waals surface area contributed by atoms with E-state index in [0.29, 0.717) is 95.7 Å². The molecule has 17 nitrogen and oxygen atoms in total. The fourth-order valence-electron chi connectivity index (χ4n) is 12.5. The third-order valence-electron chi connectivity index (χ3n) is 17.1. The van der Waals surface area contributed by atoms with Gasteiger partial charge in [0.2, 0.25) is 5.79 Å². The lowest BCUT2D eigenvalue weighted by atomic mass is 9.68. The number of esters is 2. The Balaban J connectivity index is 1.30. The third kappa shape index (κ3) is 14.5. The van der Waals surface area contributed by atoms with Gasteiger partial charge < -0.3 is 48.6 Å². The number of allylic oxidation sites excluding steroid dienone is 6. The number of rotatable bonds is 8. The van der Waals surface area contributed by atoms with E-state index in [0.717, 1.165) is 5.57 Å². The largest absolute Gasteiger partial charge is 0.460 e. The highest BCUT2D eigenvalue weighted by Crippen LogP contribution is 2.46. The van der Waals surface area contributed by atoms with Crippen molar-refractivity contribution in [1.29, 1.82) is 0 Å². The van der Waals surface area contributed by atoms with Crippen molar-refractivity contribution in [3.05, 3.63) is 47.6 Å². The Labute approximate surface area is 438 Å². The normalized spacial score (nSPS) is 39.9. The number of ether oxygens (including phenoxy) is 6. The Morgan fingerprint density at radius 2 is 1.54 bits per heavy atom. The summed E-state index contributed by atoms with van der Waals surface area (Å²) in [6.07, 6.45) is 11.2. The Morgan fingerprint density at radius 1 is 0.811 bits per heavy atom. The van der Waals surface area contributed by atoms with Crippen molar-refractivity contribution < 1.29 is 72.5 Å². The standard InChI is InChI=1S/C57H86N2O15/c1-33-14-11-10-12-15-34(2)46(69-7)30-41-19-17-38(6)57(68,74-41)54(65)55(66)59-23-13-16-42-43(28-39-18-20-45(48(29-39)70-8)72-49(62)32-58-24-21-40(60)22-25-58)47(73-56(67)50(42)59)31-44(61)35(3)27-37(5)52(64)53(71-9)51(63)36(4)26-33/h10-12,14-15,27,33,35-36,38-43,45-48,50,52-53,60,64,68H,13,16-26,28-32H2,1-9H3/b12-10+,14-11+,34-15?,37-27+/t33-,35-,36-,38-,39+,41+,42?,43+,45-,46+,47+,48-,50+,52-,53+,57-/m1/s1. The summed E-state index contributed by atoms with van der Waals surface area (Å²) in [6.45, 7) is 12.1. The minimum absolute atomic E-state index is 0.00650. The maximum absolute atomic E-state index is 14.6. The third-order valence-corrected chi connectivity index (χ3v) is 17.1. The first-order valence-corrected chi connectivity index (χ1v) is 27.3. The number of hydrogen-bond donors (Lipinski definition) is 3. The van der Waals surface area contributed by atoms with Crippen LogP contribution in [-0.2, 0) is 57.2 Å². The van der Waals surface area contributed by atoms with Crippen molar-refractivity contribution in [3.63, 3.8) is 0 Å². The number of aliphatic hydroxyl groups excluding tert-OH is 2. The van der Waals surface area contributed by atoms with E-state index in [1.54, 1.807) is 41.1 Å². The Morgan fingerprint density at radius 3 is 2.23 bits per heavy atom. The maximum atomic E-state index is 14.6. The van der Waals surface area contributed by atoms with Crippen LogP contribution in [0.25, 0.3) is 0 Å². The number of likely N-dealkylation sites (tertiary alicyclic amines) is 1. The molecule has 5 fully saturated rings. The zero-order valence-corrected chi connectivity index (χ0v) is 45.4. The smallest absolute Gasteiger partial charge is 0.329 e. The van der Waals surface area contributed by atoms with Crippen LogP contribution < -0.4 is 0 Å². The lowest BCUT2D eigenvalue weighted by Gasteiger charge is -2.50. The highest BCUT2D eigenvalue weighted by Gasteiger charge is 2.57. The van der Waals surface area contributed by atoms with Gasteiger partial charge in [0.25, 0.3) is 11.7 Å². The molecule has 1 amide bonds. The zero-order valence-electron chi connectivity index (χ0n) is 45.4. The van der Waals surface area contributed by atoms with Crippen LogP contribution in [0.3, 0.4) is 0 Å². The van der Waals surface area contributed by atoms with Gasteiger partial charge in [-0.05, 0) is 113 Å². The first-order chi connectivity index (χ1) is 35.2. The average molecular weight is 1040 g/mol. The van der Waals surface area contributed by atoms with E-state index >= 15 is 0 Å². The van der Waals surface area contributed by atoms with E-state index in [1.807, 2.05) is 56.1 Å². The quantitative estimate of drug-likeness (QED) is 0.157. The summed E-state index contributed by atoms with van der Waals surface area (Å²) in [6, 6.07) is -1.17. The molecule has 0 aromatic carbocycles. The van der Waals surface area contributed by atoms with Crippen molar-refractivity contribution in [2.24, 2.45) is 41.4 Å². The highest BCUT2D eigenvalue weighted by molar-refractivity contribution is 6.39. The molecule has 5 heterocycles. The number of carbonyl (C=O) groups excluding carboxylic acids is 6. The molecule has 0 radical (unpaired) electrons. The summed E-state index contributed by atoms with van der Waals surface area (Å²) in [4.78, 5) is 88.1. The number of fused-ring (bicyclic) bond motifs is 3. The molecule has 0 spiro atoms. The predicted octanol–water partition coefficient (Wildman–Crippen LogP) is 5.41. The van der Waals surface area contributed by atoms with Gasteiger partial charge in [0.15, 0.2) is 5.78 Å². The van der Waals surface area contributed by atoms with Gasteiger partial charge >= 0.3 is 11.9 Å². The second-order valence-corrected chi connectivity index (χ2v) is 22.5. The summed E-state index contributed by atoms with van der Waals surface area (Å²) in [5.41, 5.74) is 1.25. The number of piperidine rings is 2. The first kappa shape index (κ1) is 59.3. The van der Waals surface area contributed by atoms with Crippen LogP contribution in [0.1, 0.15) is 125 Å². The first-order valence-electron chi connectivity index (χ1n) is 27.3. The number of aliphatic hydroxyl groups is 3. The summed E-state index contributed by atoms with van der Waals surface area (Å²) >= 11 is 0. The van der Waals surface area contributed by atoms with E-state index in [4.69, 9.17) is 28.4 Å². The molecule has 6 aliphatic rings. The molecule has 3 N–H and O–H groups in total. The fraction of sp³-hybridized carbons (Fsp3) is 0.754. The summed E-state index contributed by atoms with van der Waals surface area (Å²) < 4.78 is 35.9. The van der Waals surface area contributed by atoms with Gasteiger partial charge in [-0.25, -0.2) is 4.79 Å². The summed E-state index contributed by atoms with van der Waals surface area (Å²) in [5.74, 6) is -9.21. The van der Waals surface area contributed by atoms with Crippen LogP contribution in [-0.4, -0.2) is 168 Å². The van der Waals surface area contributed by atoms with E-state index in [-0.39, 0.29) is 55.0 Å². The van der Waals surface area contributed by atoms with Crippen LogP contribution >= 0.6 is 0 Å². The van der Waals surface area contributed by atoms with E-state index in [2.05, 4.69) is 0 Å². The Bertz CT molecular complexity index is 2100. The molecule has 17 heteroatoms. The number of nitrogens with zero attached hydrogens (tertiary/aromatic N) is 2. The molecule has 5 aliphatic heterocycles. The average Bonchev–Trinajstić information content (AvgIpc) is 3.37. The monoisotopic (exact) mass is 1040 g/mol. The van der Waals surface area contributed by atoms with Crippen LogP contribution in [0.4, 0.5) is 0 Å². The molecular weight excluding hydrogens is 953 g/mol. The second kappa shape index (κ2) is 26.9. The van der Waals surface area contributed by atoms with Crippen LogP contribution in [0.5, 0.6) is 0 Å². The van der Waals surface area contributed by atoms with Gasteiger partial charge in [-0.2, -0.15) is 0 Å².